The summed E-state index contributed by atoms with van der Waals surface area (Å²) >= 11 is 0. The minimum Gasteiger partial charge on any atom is -0.416 e. The van der Waals surface area contributed by atoms with E-state index in [-0.39, 0.29) is 0 Å². The Kier molecular flexibility index (Phi) is 4.84. The largest absolute Gasteiger partial charge is 0.419 e. The molecule has 2 aromatic carbocycles. The normalized spacial score (nSPS) is 10.2. The first kappa shape index (κ1) is 14.2. The number of para-hydroxylation sites is 4. The summed E-state index contributed by atoms with van der Waals surface area (Å²) in [6, 6.07) is 13.7. The average Bonchev–Trinajstić information content (AvgIpc) is 2.48. The van der Waals surface area contributed by atoms with Crippen LogP contribution in [-0.2, 0) is 4.57 Å². The summed E-state index contributed by atoms with van der Waals surface area (Å²) in [7, 11) is -2.80. The molecule has 20 heavy (non-hydrogen) atoms. The van der Waals surface area contributed by atoms with Crippen molar-refractivity contribution in [1.82, 2.24) is 0 Å². The first-order valence-corrected chi connectivity index (χ1v) is 6.98. The Morgan fingerprint density at radius 3 is 1.60 bits per heavy atom. The molecule has 106 valence electrons. The highest BCUT2D eigenvalue weighted by molar-refractivity contribution is 7.34. The van der Waals surface area contributed by atoms with Crippen molar-refractivity contribution in [2.45, 2.75) is 0 Å². The third-order valence-corrected chi connectivity index (χ3v) is 3.24. The van der Waals surface area contributed by atoms with Crippen LogP contribution in [0.2, 0.25) is 0 Å². The van der Waals surface area contributed by atoms with Crippen LogP contribution in [0.1, 0.15) is 0 Å². The van der Waals surface area contributed by atoms with Crippen LogP contribution >= 0.6 is 8.25 Å². The number of hydrogen-bond donors (Lipinski definition) is 4. The van der Waals surface area contributed by atoms with E-state index in [2.05, 4.69) is 10.9 Å². The van der Waals surface area contributed by atoms with Crippen molar-refractivity contribution in [3.05, 3.63) is 48.5 Å². The van der Waals surface area contributed by atoms with Gasteiger partial charge in [-0.05, 0) is 24.3 Å². The Balaban J connectivity index is 2.09. The predicted molar refractivity (Wildman–Crippen MR) is 78.8 cm³/mol. The van der Waals surface area contributed by atoms with Crippen LogP contribution < -0.4 is 31.6 Å². The van der Waals surface area contributed by atoms with Gasteiger partial charge in [0.15, 0.2) is 11.5 Å². The number of anilines is 2. The molecule has 0 fully saturated rings. The number of hydrazine groups is 2. The van der Waals surface area contributed by atoms with E-state index in [0.29, 0.717) is 22.9 Å². The molecule has 2 aromatic rings. The molecule has 0 unspecified atom stereocenters. The molecule has 0 heterocycles. The molecule has 0 saturated heterocycles. The molecule has 0 radical (unpaired) electrons. The average molecular weight is 294 g/mol. The second kappa shape index (κ2) is 6.81. The first-order valence-electron chi connectivity index (χ1n) is 5.75. The summed E-state index contributed by atoms with van der Waals surface area (Å²) in [6.07, 6.45) is 0. The van der Waals surface area contributed by atoms with Gasteiger partial charge < -0.3 is 19.9 Å². The molecule has 2 rings (SSSR count). The standard InChI is InChI=1S/C12H15N4O3P/c13-15-9-5-1-3-7-11(9)18-20(17)19-12-8-4-2-6-10(12)16-14/h1-8,15-16,20H,13-14H2. The van der Waals surface area contributed by atoms with E-state index in [1.807, 2.05) is 0 Å². The smallest absolute Gasteiger partial charge is 0.416 e. The Labute approximate surface area is 116 Å². The van der Waals surface area contributed by atoms with Crippen LogP contribution in [-0.4, -0.2) is 0 Å². The fourth-order valence-corrected chi connectivity index (χ4v) is 2.31. The molecule has 8 heteroatoms. The zero-order valence-electron chi connectivity index (χ0n) is 10.5. The molecule has 0 aliphatic rings. The Bertz CT molecular complexity index is 557. The van der Waals surface area contributed by atoms with Crippen molar-refractivity contribution >= 4 is 19.6 Å². The lowest BCUT2D eigenvalue weighted by Crippen LogP contribution is -2.08. The number of benzene rings is 2. The fraction of sp³-hybridized carbons (Fsp3) is 0. The highest BCUT2D eigenvalue weighted by atomic mass is 31.1. The van der Waals surface area contributed by atoms with Gasteiger partial charge in [-0.25, -0.2) is 4.57 Å². The molecule has 0 spiro atoms. The van der Waals surface area contributed by atoms with Crippen LogP contribution in [0, 0.1) is 0 Å². The Hall–Kier alpha value is -2.21. The second-order valence-corrected chi connectivity index (χ2v) is 4.64. The molecule has 0 aliphatic carbocycles. The van der Waals surface area contributed by atoms with E-state index in [0.717, 1.165) is 0 Å². The molecule has 0 aliphatic heterocycles. The zero-order chi connectivity index (χ0) is 14.4. The van der Waals surface area contributed by atoms with Gasteiger partial charge in [0.2, 0.25) is 0 Å². The van der Waals surface area contributed by atoms with E-state index in [9.17, 15) is 4.57 Å². The summed E-state index contributed by atoms with van der Waals surface area (Å²) < 4.78 is 22.4. The van der Waals surface area contributed by atoms with Gasteiger partial charge >= 0.3 is 8.25 Å². The van der Waals surface area contributed by atoms with E-state index in [1.54, 1.807) is 48.5 Å². The molecular formula is C12H15N4O3P. The molecule has 0 amide bonds. The predicted octanol–water partition coefficient (Wildman–Crippen LogP) is 2.11. The first-order chi connectivity index (χ1) is 9.74. The molecule has 0 bridgehead atoms. The van der Waals surface area contributed by atoms with Crippen molar-refractivity contribution in [3.63, 3.8) is 0 Å². The monoisotopic (exact) mass is 294 g/mol. The van der Waals surface area contributed by atoms with Crippen LogP contribution in [0.3, 0.4) is 0 Å². The summed E-state index contributed by atoms with van der Waals surface area (Å²) in [5.74, 6) is 11.4. The fourth-order valence-electron chi connectivity index (χ4n) is 1.55. The van der Waals surface area contributed by atoms with Crippen molar-refractivity contribution in [2.24, 2.45) is 11.7 Å². The van der Waals surface area contributed by atoms with Crippen molar-refractivity contribution in [2.75, 3.05) is 10.9 Å². The molecule has 6 N–H and O–H groups in total. The molecule has 0 atom stereocenters. The Morgan fingerprint density at radius 1 is 0.800 bits per heavy atom. The van der Waals surface area contributed by atoms with Gasteiger partial charge in [0.1, 0.15) is 0 Å². The lowest BCUT2D eigenvalue weighted by molar-refractivity contribution is 0.417. The molecule has 0 saturated carbocycles. The number of hydrogen-bond acceptors (Lipinski definition) is 7. The number of rotatable bonds is 6. The van der Waals surface area contributed by atoms with Crippen molar-refractivity contribution < 1.29 is 13.6 Å². The molecule has 0 aromatic heterocycles. The van der Waals surface area contributed by atoms with E-state index in [1.165, 1.54) is 0 Å². The third kappa shape index (κ3) is 3.42. The van der Waals surface area contributed by atoms with Crippen LogP contribution in [0.25, 0.3) is 0 Å². The number of nitrogens with one attached hydrogen (secondary N) is 2. The maximum absolute atomic E-state index is 11.9. The lowest BCUT2D eigenvalue weighted by Gasteiger charge is -2.13. The Morgan fingerprint density at radius 2 is 1.20 bits per heavy atom. The van der Waals surface area contributed by atoms with Gasteiger partial charge in [0.05, 0.1) is 11.4 Å². The topological polar surface area (TPSA) is 112 Å². The van der Waals surface area contributed by atoms with Gasteiger partial charge in [-0.3, -0.25) is 11.7 Å². The maximum atomic E-state index is 11.9. The SMILES string of the molecule is NNc1ccccc1O[PH](=O)Oc1ccccc1NN. The minimum absolute atomic E-state index is 0.345. The highest BCUT2D eigenvalue weighted by Crippen LogP contribution is 2.36. The lowest BCUT2D eigenvalue weighted by atomic mass is 10.3. The van der Waals surface area contributed by atoms with E-state index < -0.39 is 8.25 Å². The third-order valence-electron chi connectivity index (χ3n) is 2.47. The number of nitrogens with two attached hydrogens (primary N) is 2. The molecular weight excluding hydrogens is 279 g/mol. The summed E-state index contributed by atoms with van der Waals surface area (Å²) in [5.41, 5.74) is 5.93. The van der Waals surface area contributed by atoms with Gasteiger partial charge in [0, 0.05) is 0 Å². The van der Waals surface area contributed by atoms with Gasteiger partial charge in [-0.1, -0.05) is 24.3 Å². The van der Waals surface area contributed by atoms with Crippen LogP contribution in [0.4, 0.5) is 11.4 Å². The quantitative estimate of drug-likeness (QED) is 0.366. The second-order valence-electron chi connectivity index (χ2n) is 3.74. The molecule has 7 nitrogen and oxygen atoms in total. The van der Waals surface area contributed by atoms with Crippen molar-refractivity contribution in [1.29, 1.82) is 0 Å². The summed E-state index contributed by atoms with van der Waals surface area (Å²) in [5, 5.41) is 0. The highest BCUT2D eigenvalue weighted by Gasteiger charge is 2.10. The minimum atomic E-state index is -2.80. The zero-order valence-corrected chi connectivity index (χ0v) is 11.5. The van der Waals surface area contributed by atoms with Gasteiger partial charge in [-0.15, -0.1) is 0 Å². The number of nitrogen functional groups attached to an aromatic ring is 2. The summed E-state index contributed by atoms with van der Waals surface area (Å²) in [4.78, 5) is 0. The van der Waals surface area contributed by atoms with Crippen molar-refractivity contribution in [3.8, 4) is 11.5 Å². The van der Waals surface area contributed by atoms with Gasteiger partial charge in [0.25, 0.3) is 0 Å². The van der Waals surface area contributed by atoms with Crippen LogP contribution in [0.5, 0.6) is 11.5 Å². The summed E-state index contributed by atoms with van der Waals surface area (Å²) in [6.45, 7) is 0. The maximum Gasteiger partial charge on any atom is 0.419 e. The van der Waals surface area contributed by atoms with Gasteiger partial charge in [-0.2, -0.15) is 0 Å². The van der Waals surface area contributed by atoms with E-state index >= 15 is 0 Å². The van der Waals surface area contributed by atoms with E-state index in [4.69, 9.17) is 20.7 Å². The van der Waals surface area contributed by atoms with Crippen LogP contribution in [0.15, 0.2) is 48.5 Å².